The average Bonchev–Trinajstić information content (AvgIpc) is 2.01. The van der Waals surface area contributed by atoms with Crippen molar-refractivity contribution in [1.29, 1.82) is 0 Å². The molecule has 4 heteroatoms. The van der Waals surface area contributed by atoms with Gasteiger partial charge >= 0.3 is 0 Å². The molecule has 1 rings (SSSR count). The van der Waals surface area contributed by atoms with Gasteiger partial charge in [-0.15, -0.1) is 0 Å². The van der Waals surface area contributed by atoms with Gasteiger partial charge in [0.25, 0.3) is 0 Å². The summed E-state index contributed by atoms with van der Waals surface area (Å²) in [5.74, 6) is -0.0574. The number of halogens is 1. The predicted molar refractivity (Wildman–Crippen MR) is 53.7 cm³/mol. The van der Waals surface area contributed by atoms with Crippen molar-refractivity contribution in [1.82, 2.24) is 4.98 Å². The van der Waals surface area contributed by atoms with E-state index in [4.69, 9.17) is 4.74 Å². The van der Waals surface area contributed by atoms with Crippen LogP contribution in [-0.4, -0.2) is 20.2 Å². The molecule has 0 saturated carbocycles. The maximum absolute atomic E-state index is 13.4. The Morgan fingerprint density at radius 3 is 2.31 bits per heavy atom. The summed E-state index contributed by atoms with van der Waals surface area (Å²) in [4.78, 5) is 3.70. The van der Waals surface area contributed by atoms with E-state index in [0.717, 1.165) is 5.19 Å². The molecule has 0 aliphatic heterocycles. The van der Waals surface area contributed by atoms with E-state index in [-0.39, 0.29) is 0 Å². The summed E-state index contributed by atoms with van der Waals surface area (Å²) in [5, 5.41) is 0.744. The number of pyridine rings is 1. The molecular formula is C9H14FNOSi. The van der Waals surface area contributed by atoms with E-state index in [2.05, 4.69) is 24.6 Å². The zero-order chi connectivity index (χ0) is 10.1. The summed E-state index contributed by atoms with van der Waals surface area (Å²) in [7, 11) is -0.125. The highest BCUT2D eigenvalue weighted by Crippen LogP contribution is 2.09. The van der Waals surface area contributed by atoms with Gasteiger partial charge in [0, 0.05) is 6.07 Å². The van der Waals surface area contributed by atoms with E-state index in [1.54, 1.807) is 12.1 Å². The van der Waals surface area contributed by atoms with Crippen molar-refractivity contribution >= 4 is 13.3 Å². The molecule has 0 radical (unpaired) electrons. The molecule has 0 unspecified atom stereocenters. The Balaban J connectivity index is 3.13. The number of aromatic nitrogens is 1. The molecule has 0 aliphatic carbocycles. The molecule has 2 nitrogen and oxygen atoms in total. The van der Waals surface area contributed by atoms with Gasteiger partial charge in [-0.05, 0) is 5.19 Å². The Kier molecular flexibility index (Phi) is 2.70. The summed E-state index contributed by atoms with van der Waals surface area (Å²) >= 11 is 0. The number of hydrogen-bond acceptors (Lipinski definition) is 2. The van der Waals surface area contributed by atoms with Gasteiger partial charge in [0.15, 0.2) is 0 Å². The summed E-state index contributed by atoms with van der Waals surface area (Å²) in [6, 6.07) is 3.48. The fourth-order valence-electron chi connectivity index (χ4n) is 1.09. The molecule has 0 spiro atoms. The molecule has 0 aromatic carbocycles. The smallest absolute Gasteiger partial charge is 0.215 e. The van der Waals surface area contributed by atoms with E-state index in [1.807, 2.05) is 0 Å². The topological polar surface area (TPSA) is 22.1 Å². The Bertz CT molecular complexity index is 309. The number of rotatable bonds is 2. The van der Waals surface area contributed by atoms with E-state index in [9.17, 15) is 4.39 Å². The standard InChI is InChI=1S/C9H14FNOSi/c1-12-8-6-5-7(9(10)11-8)13(2,3)4/h5-6H,1-4H3. The molecule has 1 aromatic heterocycles. The summed E-state index contributed by atoms with van der Waals surface area (Å²) < 4.78 is 18.2. The fourth-order valence-corrected chi connectivity index (χ4v) is 2.35. The first-order valence-electron chi connectivity index (χ1n) is 4.16. The van der Waals surface area contributed by atoms with Crippen molar-refractivity contribution in [2.45, 2.75) is 19.6 Å². The molecule has 0 atom stereocenters. The molecule has 0 bridgehead atoms. The minimum atomic E-state index is -1.61. The number of nitrogens with zero attached hydrogens (tertiary/aromatic N) is 1. The maximum Gasteiger partial charge on any atom is 0.215 e. The maximum atomic E-state index is 13.4. The van der Waals surface area contributed by atoms with Gasteiger partial charge in [-0.2, -0.15) is 9.37 Å². The number of ether oxygens (including phenoxy) is 1. The second-order valence-corrected chi connectivity index (χ2v) is 8.98. The van der Waals surface area contributed by atoms with Gasteiger partial charge in [-0.25, -0.2) is 0 Å². The lowest BCUT2D eigenvalue weighted by atomic mass is 10.5. The highest BCUT2D eigenvalue weighted by Gasteiger charge is 2.21. The van der Waals surface area contributed by atoms with Crippen LogP contribution in [0, 0.1) is 5.95 Å². The highest BCUT2D eigenvalue weighted by atomic mass is 28.3. The molecule has 1 aromatic rings. The molecule has 0 amide bonds. The fraction of sp³-hybridized carbons (Fsp3) is 0.444. The zero-order valence-corrected chi connectivity index (χ0v) is 9.39. The van der Waals surface area contributed by atoms with Crippen molar-refractivity contribution < 1.29 is 9.13 Å². The van der Waals surface area contributed by atoms with Gasteiger partial charge in [0.05, 0.1) is 15.2 Å². The largest absolute Gasteiger partial charge is 0.481 e. The van der Waals surface area contributed by atoms with Crippen LogP contribution in [0.15, 0.2) is 12.1 Å². The monoisotopic (exact) mass is 199 g/mol. The van der Waals surface area contributed by atoms with Crippen LogP contribution in [-0.2, 0) is 0 Å². The minimum absolute atomic E-state index is 0.333. The molecular weight excluding hydrogens is 185 g/mol. The van der Waals surface area contributed by atoms with Gasteiger partial charge in [-0.1, -0.05) is 25.7 Å². The van der Waals surface area contributed by atoms with Crippen molar-refractivity contribution in [2.24, 2.45) is 0 Å². The molecule has 0 saturated heterocycles. The lowest BCUT2D eigenvalue weighted by molar-refractivity contribution is 0.388. The lowest BCUT2D eigenvalue weighted by Gasteiger charge is -2.16. The Hall–Kier alpha value is -0.903. The molecule has 72 valence electrons. The van der Waals surface area contributed by atoms with Crippen LogP contribution in [0.5, 0.6) is 5.88 Å². The van der Waals surface area contributed by atoms with Crippen molar-refractivity contribution in [3.63, 3.8) is 0 Å². The van der Waals surface area contributed by atoms with Gasteiger partial charge in [0.2, 0.25) is 11.8 Å². The normalized spacial score (nSPS) is 11.5. The number of methoxy groups -OCH3 is 1. The van der Waals surface area contributed by atoms with Crippen LogP contribution >= 0.6 is 0 Å². The van der Waals surface area contributed by atoms with Gasteiger partial charge in [-0.3, -0.25) is 0 Å². The summed E-state index contributed by atoms with van der Waals surface area (Å²) in [6.45, 7) is 6.25. The quantitative estimate of drug-likeness (QED) is 0.535. The van der Waals surface area contributed by atoms with E-state index >= 15 is 0 Å². The third kappa shape index (κ3) is 2.27. The van der Waals surface area contributed by atoms with Crippen molar-refractivity contribution in [3.8, 4) is 5.88 Å². The van der Waals surface area contributed by atoms with E-state index < -0.39 is 14.0 Å². The average molecular weight is 199 g/mol. The Morgan fingerprint density at radius 2 is 1.92 bits per heavy atom. The lowest BCUT2D eigenvalue weighted by Crippen LogP contribution is -2.40. The summed E-state index contributed by atoms with van der Waals surface area (Å²) in [5.41, 5.74) is 0. The molecule has 13 heavy (non-hydrogen) atoms. The Labute approximate surface area is 78.8 Å². The molecule has 0 N–H and O–H groups in total. The van der Waals surface area contributed by atoms with Crippen LogP contribution in [0.4, 0.5) is 4.39 Å². The van der Waals surface area contributed by atoms with Crippen LogP contribution in [0.2, 0.25) is 19.6 Å². The van der Waals surface area contributed by atoms with Crippen molar-refractivity contribution in [3.05, 3.63) is 18.1 Å². The first-order chi connectivity index (χ1) is 5.95. The third-order valence-electron chi connectivity index (χ3n) is 1.84. The van der Waals surface area contributed by atoms with Gasteiger partial charge in [0.1, 0.15) is 0 Å². The summed E-state index contributed by atoms with van der Waals surface area (Å²) in [6.07, 6.45) is 0. The Morgan fingerprint density at radius 1 is 1.31 bits per heavy atom. The predicted octanol–water partition coefficient (Wildman–Crippen LogP) is 1.77. The first-order valence-corrected chi connectivity index (χ1v) is 7.66. The van der Waals surface area contributed by atoms with Crippen LogP contribution in [0.25, 0.3) is 0 Å². The molecule has 0 aliphatic rings. The number of hydrogen-bond donors (Lipinski definition) is 0. The highest BCUT2D eigenvalue weighted by molar-refractivity contribution is 6.88. The van der Waals surface area contributed by atoms with Gasteiger partial charge < -0.3 is 4.74 Å². The second kappa shape index (κ2) is 3.45. The second-order valence-electron chi connectivity index (χ2n) is 3.94. The van der Waals surface area contributed by atoms with Crippen molar-refractivity contribution in [2.75, 3.05) is 7.11 Å². The first kappa shape index (κ1) is 10.2. The van der Waals surface area contributed by atoms with Crippen LogP contribution < -0.4 is 9.92 Å². The molecule has 0 fully saturated rings. The minimum Gasteiger partial charge on any atom is -0.481 e. The molecule has 1 heterocycles. The van der Waals surface area contributed by atoms with E-state index in [1.165, 1.54) is 7.11 Å². The van der Waals surface area contributed by atoms with Crippen LogP contribution in [0.3, 0.4) is 0 Å². The van der Waals surface area contributed by atoms with Crippen LogP contribution in [0.1, 0.15) is 0 Å². The SMILES string of the molecule is COc1ccc([Si](C)(C)C)c(F)n1. The third-order valence-corrected chi connectivity index (χ3v) is 3.83. The zero-order valence-electron chi connectivity index (χ0n) is 8.39. The van der Waals surface area contributed by atoms with E-state index in [0.29, 0.717) is 5.88 Å².